The zero-order valence-electron chi connectivity index (χ0n) is 17.7. The number of halogens is 1. The molecular weight excluding hydrogens is 445 g/mol. The first-order valence-electron chi connectivity index (χ1n) is 10.2. The number of rotatable bonds is 4. The van der Waals surface area contributed by atoms with Gasteiger partial charge in [0.2, 0.25) is 0 Å². The summed E-state index contributed by atoms with van der Waals surface area (Å²) >= 11 is 1.31. The van der Waals surface area contributed by atoms with Crippen molar-refractivity contribution in [1.29, 1.82) is 0 Å². The molecule has 5 rings (SSSR count). The van der Waals surface area contributed by atoms with Crippen LogP contribution in [0.4, 0.5) is 10.1 Å². The SMILES string of the molecule is CC1Oc2ccc(C(=O)C(C)n3cnc4scc(-c5ccc(F)cc5)c4c3=O)cc2NC1=O. The number of fused-ring (bicyclic) bond motifs is 2. The van der Waals surface area contributed by atoms with E-state index < -0.39 is 12.1 Å². The predicted molar refractivity (Wildman–Crippen MR) is 123 cm³/mol. The Balaban J connectivity index is 1.52. The summed E-state index contributed by atoms with van der Waals surface area (Å²) in [6, 6.07) is 9.81. The maximum Gasteiger partial charge on any atom is 0.265 e. The summed E-state index contributed by atoms with van der Waals surface area (Å²) in [7, 11) is 0. The highest BCUT2D eigenvalue weighted by molar-refractivity contribution is 7.17. The molecule has 0 saturated carbocycles. The van der Waals surface area contributed by atoms with Gasteiger partial charge in [0.05, 0.1) is 23.4 Å². The van der Waals surface area contributed by atoms with Crippen LogP contribution < -0.4 is 15.6 Å². The lowest BCUT2D eigenvalue weighted by Crippen LogP contribution is -2.34. The molecule has 1 amide bonds. The fourth-order valence-corrected chi connectivity index (χ4v) is 4.70. The number of carbonyl (C=O) groups excluding carboxylic acids is 2. The number of ether oxygens (including phenoxy) is 1. The van der Waals surface area contributed by atoms with Crippen LogP contribution in [0.2, 0.25) is 0 Å². The number of Topliss-reactive ketones (excluding diaryl/α,β-unsaturated/α-hetero) is 1. The lowest BCUT2D eigenvalue weighted by atomic mass is 10.0. The summed E-state index contributed by atoms with van der Waals surface area (Å²) in [4.78, 5) is 43.4. The number of carbonyl (C=O) groups is 2. The van der Waals surface area contributed by atoms with Crippen LogP contribution in [0.5, 0.6) is 5.75 Å². The molecule has 3 heterocycles. The maximum absolute atomic E-state index is 13.4. The quantitative estimate of drug-likeness (QED) is 0.452. The van der Waals surface area contributed by atoms with Gasteiger partial charge in [0.1, 0.15) is 16.4 Å². The number of anilines is 1. The van der Waals surface area contributed by atoms with Crippen LogP contribution in [0.1, 0.15) is 30.2 Å². The lowest BCUT2D eigenvalue weighted by molar-refractivity contribution is -0.122. The number of nitrogens with zero attached hydrogens (tertiary/aromatic N) is 2. The zero-order valence-corrected chi connectivity index (χ0v) is 18.5. The highest BCUT2D eigenvalue weighted by Gasteiger charge is 2.26. The molecule has 33 heavy (non-hydrogen) atoms. The van der Waals surface area contributed by atoms with Gasteiger partial charge in [0, 0.05) is 16.5 Å². The molecule has 0 fully saturated rings. The van der Waals surface area contributed by atoms with Crippen molar-refractivity contribution >= 4 is 38.9 Å². The molecular formula is C24H18FN3O4S. The molecule has 2 aromatic heterocycles. The van der Waals surface area contributed by atoms with E-state index in [0.717, 1.165) is 0 Å². The fourth-order valence-electron chi connectivity index (χ4n) is 3.79. The van der Waals surface area contributed by atoms with Gasteiger partial charge < -0.3 is 10.1 Å². The number of nitrogens with one attached hydrogen (secondary N) is 1. The predicted octanol–water partition coefficient (Wildman–Crippen LogP) is 4.43. The van der Waals surface area contributed by atoms with Gasteiger partial charge in [-0.2, -0.15) is 0 Å². The Kier molecular flexibility index (Phi) is 5.05. The summed E-state index contributed by atoms with van der Waals surface area (Å²) in [6.07, 6.45) is 0.749. The minimum atomic E-state index is -0.840. The van der Waals surface area contributed by atoms with Gasteiger partial charge in [-0.15, -0.1) is 11.3 Å². The first-order valence-corrected chi connectivity index (χ1v) is 11.1. The summed E-state index contributed by atoms with van der Waals surface area (Å²) in [5, 5.41) is 4.91. The highest BCUT2D eigenvalue weighted by atomic mass is 32.1. The van der Waals surface area contributed by atoms with Crippen LogP contribution in [0, 0.1) is 5.82 Å². The van der Waals surface area contributed by atoms with Crippen molar-refractivity contribution in [2.75, 3.05) is 5.32 Å². The standard InChI is InChI=1S/C24H18FN3O4S/c1-12(21(29)15-5-8-19-18(9-15)27-22(30)13(2)32-19)28-11-26-23-20(24(28)31)17(10-33-23)14-3-6-16(25)7-4-14/h3-13H,1-2H3,(H,27,30). The van der Waals surface area contributed by atoms with Gasteiger partial charge in [-0.1, -0.05) is 12.1 Å². The van der Waals surface area contributed by atoms with Crippen LogP contribution in [0.25, 0.3) is 21.3 Å². The van der Waals surface area contributed by atoms with Gasteiger partial charge in [-0.05, 0) is 49.7 Å². The fraction of sp³-hybridized carbons (Fsp3) is 0.167. The monoisotopic (exact) mass is 463 g/mol. The zero-order chi connectivity index (χ0) is 23.3. The Morgan fingerprint density at radius 2 is 1.97 bits per heavy atom. The Morgan fingerprint density at radius 3 is 2.73 bits per heavy atom. The van der Waals surface area contributed by atoms with E-state index >= 15 is 0 Å². The molecule has 2 atom stereocenters. The summed E-state index contributed by atoms with van der Waals surface area (Å²) < 4.78 is 20.2. The number of aromatic nitrogens is 2. The molecule has 0 aliphatic carbocycles. The van der Waals surface area contributed by atoms with Crippen molar-refractivity contribution in [3.63, 3.8) is 0 Å². The first kappa shape index (κ1) is 21.0. The molecule has 2 aromatic carbocycles. The second-order valence-electron chi connectivity index (χ2n) is 7.79. The Labute approximate surface area is 191 Å². The van der Waals surface area contributed by atoms with E-state index in [-0.39, 0.29) is 23.1 Å². The third-order valence-corrected chi connectivity index (χ3v) is 6.55. The summed E-state index contributed by atoms with van der Waals surface area (Å²) in [5.41, 5.74) is 1.72. The molecule has 9 heteroatoms. The van der Waals surface area contributed by atoms with Crippen LogP contribution in [0.3, 0.4) is 0 Å². The molecule has 2 unspecified atom stereocenters. The van der Waals surface area contributed by atoms with Crippen LogP contribution in [-0.4, -0.2) is 27.3 Å². The third kappa shape index (κ3) is 3.60. The number of thiophene rings is 1. The topological polar surface area (TPSA) is 90.3 Å². The van der Waals surface area contributed by atoms with Crippen molar-refractivity contribution < 1.29 is 18.7 Å². The first-order chi connectivity index (χ1) is 15.8. The van der Waals surface area contributed by atoms with Crippen molar-refractivity contribution in [1.82, 2.24) is 9.55 Å². The molecule has 4 aromatic rings. The second kappa shape index (κ2) is 7.93. The van der Waals surface area contributed by atoms with E-state index in [0.29, 0.717) is 38.3 Å². The van der Waals surface area contributed by atoms with E-state index in [2.05, 4.69) is 10.3 Å². The largest absolute Gasteiger partial charge is 0.479 e. The Hall–Kier alpha value is -3.85. The Bertz CT molecular complexity index is 1480. The van der Waals surface area contributed by atoms with Gasteiger partial charge in [-0.3, -0.25) is 19.0 Å². The Morgan fingerprint density at radius 1 is 1.21 bits per heavy atom. The van der Waals surface area contributed by atoms with Crippen molar-refractivity contribution in [2.45, 2.75) is 26.0 Å². The number of ketones is 1. The van der Waals surface area contributed by atoms with Gasteiger partial charge in [0.15, 0.2) is 11.9 Å². The van der Waals surface area contributed by atoms with Crippen molar-refractivity contribution in [3.8, 4) is 16.9 Å². The maximum atomic E-state index is 13.4. The van der Waals surface area contributed by atoms with E-state index in [4.69, 9.17) is 4.74 Å². The number of hydrogen-bond acceptors (Lipinski definition) is 6. The molecule has 166 valence electrons. The van der Waals surface area contributed by atoms with E-state index in [1.54, 1.807) is 49.6 Å². The smallest absolute Gasteiger partial charge is 0.265 e. The molecule has 1 N–H and O–H groups in total. The minimum Gasteiger partial charge on any atom is -0.479 e. The molecule has 1 aliphatic heterocycles. The lowest BCUT2D eigenvalue weighted by Gasteiger charge is -2.24. The van der Waals surface area contributed by atoms with Gasteiger partial charge in [-0.25, -0.2) is 9.37 Å². The molecule has 1 aliphatic rings. The summed E-state index contributed by atoms with van der Waals surface area (Å²) in [5.74, 6) is -0.493. The van der Waals surface area contributed by atoms with Gasteiger partial charge >= 0.3 is 0 Å². The highest BCUT2D eigenvalue weighted by Crippen LogP contribution is 2.33. The number of amides is 1. The van der Waals surface area contributed by atoms with Crippen molar-refractivity contribution in [3.05, 3.63) is 75.9 Å². The molecule has 0 saturated heterocycles. The molecule has 0 radical (unpaired) electrons. The van der Waals surface area contributed by atoms with E-state index in [9.17, 15) is 18.8 Å². The number of benzene rings is 2. The van der Waals surface area contributed by atoms with Crippen LogP contribution in [-0.2, 0) is 4.79 Å². The average Bonchev–Trinajstić information content (AvgIpc) is 3.24. The second-order valence-corrected chi connectivity index (χ2v) is 8.65. The normalized spacial score (nSPS) is 16.1. The van der Waals surface area contributed by atoms with Crippen molar-refractivity contribution in [2.24, 2.45) is 0 Å². The van der Waals surface area contributed by atoms with Gasteiger partial charge in [0.25, 0.3) is 11.5 Å². The number of hydrogen-bond donors (Lipinski definition) is 1. The van der Waals surface area contributed by atoms with Crippen LogP contribution in [0.15, 0.2) is 59.0 Å². The average molecular weight is 463 g/mol. The van der Waals surface area contributed by atoms with E-state index in [1.165, 1.54) is 34.4 Å². The molecule has 7 nitrogen and oxygen atoms in total. The third-order valence-electron chi connectivity index (χ3n) is 5.67. The molecule has 0 bridgehead atoms. The summed E-state index contributed by atoms with van der Waals surface area (Å²) in [6.45, 7) is 3.26. The van der Waals surface area contributed by atoms with Crippen LogP contribution >= 0.6 is 11.3 Å². The molecule has 0 spiro atoms. The minimum absolute atomic E-state index is 0.295. The van der Waals surface area contributed by atoms with E-state index in [1.807, 2.05) is 0 Å².